The van der Waals surface area contributed by atoms with E-state index in [1.54, 1.807) is 0 Å². The maximum absolute atomic E-state index is 13.4. The number of rotatable bonds is 4. The third-order valence-electron chi connectivity index (χ3n) is 8.29. The summed E-state index contributed by atoms with van der Waals surface area (Å²) in [5.74, 6) is -0.334. The maximum atomic E-state index is 13.4. The number of carbonyl (C=O) groups excluding carboxylic acids is 3. The summed E-state index contributed by atoms with van der Waals surface area (Å²) in [6.45, 7) is 3.74. The number of aryl methyl sites for hydroxylation is 1. The first-order valence-electron chi connectivity index (χ1n) is 12.1. The molecule has 0 radical (unpaired) electrons. The molecule has 2 amide bonds. The first-order chi connectivity index (χ1) is 15.4. The summed E-state index contributed by atoms with van der Waals surface area (Å²) in [5, 5.41) is 3.05. The van der Waals surface area contributed by atoms with Crippen LogP contribution in [0, 0.1) is 24.2 Å². The Morgan fingerprint density at radius 1 is 1.12 bits per heavy atom. The quantitative estimate of drug-likeness (QED) is 0.729. The standard InChI is InChI=1S/C25H33N3O4/c1-17-6-5-7-18(27-17)16-26-22(30)20-15-24(20)10-12-28(13-11-24)23(31)19-14-21(29)32-25(19)8-3-2-4-9-25/h5-7,19-20H,2-4,8-16H2,1H3,(H,26,30)/t19-,20-/m1/s1. The van der Waals surface area contributed by atoms with Gasteiger partial charge in [0.15, 0.2) is 0 Å². The fraction of sp³-hybridized carbons (Fsp3) is 0.680. The predicted octanol–water partition coefficient (Wildman–Crippen LogP) is 2.90. The van der Waals surface area contributed by atoms with Gasteiger partial charge in [0, 0.05) is 24.7 Å². The Labute approximate surface area is 189 Å². The summed E-state index contributed by atoms with van der Waals surface area (Å²) in [5.41, 5.74) is 1.29. The summed E-state index contributed by atoms with van der Waals surface area (Å²) in [7, 11) is 0. The topological polar surface area (TPSA) is 88.6 Å². The van der Waals surface area contributed by atoms with E-state index in [9.17, 15) is 14.4 Å². The van der Waals surface area contributed by atoms with Gasteiger partial charge in [-0.3, -0.25) is 19.4 Å². The summed E-state index contributed by atoms with van der Waals surface area (Å²) < 4.78 is 5.74. The largest absolute Gasteiger partial charge is 0.458 e. The van der Waals surface area contributed by atoms with Gasteiger partial charge in [-0.25, -0.2) is 0 Å². The Morgan fingerprint density at radius 3 is 2.59 bits per heavy atom. The summed E-state index contributed by atoms with van der Waals surface area (Å²) in [4.78, 5) is 44.5. The zero-order valence-corrected chi connectivity index (χ0v) is 18.9. The van der Waals surface area contributed by atoms with Crippen molar-refractivity contribution in [2.75, 3.05) is 13.1 Å². The molecular formula is C25H33N3O4. The molecule has 5 rings (SSSR count). The average molecular weight is 440 g/mol. The summed E-state index contributed by atoms with van der Waals surface area (Å²) in [6.07, 6.45) is 7.65. The van der Waals surface area contributed by atoms with E-state index in [1.165, 1.54) is 0 Å². The van der Waals surface area contributed by atoms with E-state index in [0.717, 1.165) is 62.8 Å². The van der Waals surface area contributed by atoms with Gasteiger partial charge in [0.05, 0.1) is 24.6 Å². The van der Waals surface area contributed by atoms with Crippen molar-refractivity contribution in [2.45, 2.75) is 76.9 Å². The van der Waals surface area contributed by atoms with Crippen LogP contribution in [0.4, 0.5) is 0 Å². The van der Waals surface area contributed by atoms with Crippen LogP contribution in [0.5, 0.6) is 0 Å². The van der Waals surface area contributed by atoms with Gasteiger partial charge in [-0.05, 0) is 69.4 Å². The smallest absolute Gasteiger partial charge is 0.307 e. The lowest BCUT2D eigenvalue weighted by atomic mass is 9.75. The molecule has 3 heterocycles. The zero-order chi connectivity index (χ0) is 22.3. The molecule has 2 saturated carbocycles. The Hall–Kier alpha value is -2.44. The number of likely N-dealkylation sites (tertiary alicyclic amines) is 1. The molecule has 1 aromatic rings. The molecule has 0 unspecified atom stereocenters. The number of piperidine rings is 1. The number of nitrogens with zero attached hydrogens (tertiary/aromatic N) is 2. The van der Waals surface area contributed by atoms with Gasteiger partial charge in [0.1, 0.15) is 5.60 Å². The number of ether oxygens (including phenoxy) is 1. The van der Waals surface area contributed by atoms with Crippen molar-refractivity contribution in [2.24, 2.45) is 17.3 Å². The summed E-state index contributed by atoms with van der Waals surface area (Å²) in [6, 6.07) is 5.83. The number of nitrogens with one attached hydrogen (secondary N) is 1. The molecule has 7 nitrogen and oxygen atoms in total. The fourth-order valence-electron chi connectivity index (χ4n) is 6.27. The molecule has 2 aliphatic heterocycles. The SMILES string of the molecule is Cc1cccc(CNC(=O)[C@H]2CC23CCN(C(=O)[C@H]2CC(=O)OC24CCCCC4)CC3)n1. The lowest BCUT2D eigenvalue weighted by molar-refractivity contribution is -0.156. The molecule has 7 heteroatoms. The van der Waals surface area contributed by atoms with Crippen LogP contribution in [-0.2, 0) is 25.7 Å². The number of hydrogen-bond acceptors (Lipinski definition) is 5. The summed E-state index contributed by atoms with van der Waals surface area (Å²) >= 11 is 0. The Balaban J connectivity index is 1.15. The zero-order valence-electron chi connectivity index (χ0n) is 18.9. The molecule has 172 valence electrons. The molecule has 2 aliphatic carbocycles. The van der Waals surface area contributed by atoms with Crippen LogP contribution in [0.1, 0.15) is 69.2 Å². The van der Waals surface area contributed by atoms with Crippen molar-refractivity contribution >= 4 is 17.8 Å². The van der Waals surface area contributed by atoms with E-state index in [4.69, 9.17) is 4.74 Å². The van der Waals surface area contributed by atoms with Gasteiger partial charge in [-0.2, -0.15) is 0 Å². The van der Waals surface area contributed by atoms with E-state index in [0.29, 0.717) is 19.6 Å². The van der Waals surface area contributed by atoms with Crippen molar-refractivity contribution in [3.05, 3.63) is 29.6 Å². The highest BCUT2D eigenvalue weighted by molar-refractivity contribution is 5.88. The predicted molar refractivity (Wildman–Crippen MR) is 117 cm³/mol. The number of aromatic nitrogens is 1. The van der Waals surface area contributed by atoms with Crippen LogP contribution in [0.25, 0.3) is 0 Å². The monoisotopic (exact) mass is 439 g/mol. The van der Waals surface area contributed by atoms with Gasteiger partial charge in [-0.15, -0.1) is 0 Å². The minimum Gasteiger partial charge on any atom is -0.458 e. The van der Waals surface area contributed by atoms with Crippen LogP contribution in [0.2, 0.25) is 0 Å². The third-order valence-corrected chi connectivity index (χ3v) is 8.29. The Morgan fingerprint density at radius 2 is 1.88 bits per heavy atom. The van der Waals surface area contributed by atoms with Crippen molar-refractivity contribution < 1.29 is 19.1 Å². The van der Waals surface area contributed by atoms with Crippen LogP contribution in [0.3, 0.4) is 0 Å². The van der Waals surface area contributed by atoms with Crippen LogP contribution >= 0.6 is 0 Å². The van der Waals surface area contributed by atoms with Crippen LogP contribution in [-0.4, -0.2) is 46.4 Å². The molecule has 4 fully saturated rings. The number of amides is 2. The molecule has 2 saturated heterocycles. The van der Waals surface area contributed by atoms with E-state index < -0.39 is 5.60 Å². The molecule has 0 bridgehead atoms. The first-order valence-corrected chi connectivity index (χ1v) is 12.1. The highest BCUT2D eigenvalue weighted by atomic mass is 16.6. The van der Waals surface area contributed by atoms with E-state index in [-0.39, 0.29) is 41.5 Å². The highest BCUT2D eigenvalue weighted by Crippen LogP contribution is 2.59. The molecule has 4 aliphatic rings. The Bertz CT molecular complexity index is 916. The average Bonchev–Trinajstić information content (AvgIpc) is 3.40. The maximum Gasteiger partial charge on any atom is 0.307 e. The number of pyridine rings is 1. The first kappa shape index (κ1) is 21.4. The van der Waals surface area contributed by atoms with E-state index in [2.05, 4.69) is 10.3 Å². The molecule has 1 aromatic heterocycles. The molecule has 0 aromatic carbocycles. The number of carbonyl (C=O) groups is 3. The van der Waals surface area contributed by atoms with Gasteiger partial charge in [0.2, 0.25) is 11.8 Å². The van der Waals surface area contributed by atoms with Gasteiger partial charge in [0.25, 0.3) is 0 Å². The van der Waals surface area contributed by atoms with E-state index in [1.807, 2.05) is 30.0 Å². The lowest BCUT2D eigenvalue weighted by Crippen LogP contribution is -2.49. The minimum absolute atomic E-state index is 0.0330. The van der Waals surface area contributed by atoms with Crippen molar-refractivity contribution in [3.63, 3.8) is 0 Å². The minimum atomic E-state index is -0.562. The van der Waals surface area contributed by atoms with Crippen LogP contribution in [0.15, 0.2) is 18.2 Å². The number of esters is 1. The highest BCUT2D eigenvalue weighted by Gasteiger charge is 2.60. The number of hydrogen-bond donors (Lipinski definition) is 1. The molecule has 2 spiro atoms. The van der Waals surface area contributed by atoms with Crippen molar-refractivity contribution in [1.29, 1.82) is 0 Å². The third kappa shape index (κ3) is 3.90. The second kappa shape index (κ2) is 8.16. The second-order valence-electron chi connectivity index (χ2n) is 10.3. The molecule has 1 N–H and O–H groups in total. The molecular weight excluding hydrogens is 406 g/mol. The Kier molecular flexibility index (Phi) is 5.46. The lowest BCUT2D eigenvalue weighted by Gasteiger charge is -2.40. The van der Waals surface area contributed by atoms with Gasteiger partial charge < -0.3 is 15.0 Å². The van der Waals surface area contributed by atoms with Crippen molar-refractivity contribution in [3.8, 4) is 0 Å². The second-order valence-corrected chi connectivity index (χ2v) is 10.3. The van der Waals surface area contributed by atoms with Gasteiger partial charge >= 0.3 is 5.97 Å². The fourth-order valence-corrected chi connectivity index (χ4v) is 6.27. The van der Waals surface area contributed by atoms with Crippen molar-refractivity contribution in [1.82, 2.24) is 15.2 Å². The van der Waals surface area contributed by atoms with Crippen LogP contribution < -0.4 is 5.32 Å². The van der Waals surface area contributed by atoms with E-state index >= 15 is 0 Å². The molecule has 32 heavy (non-hydrogen) atoms. The normalized spacial score (nSPS) is 27.9. The van der Waals surface area contributed by atoms with Gasteiger partial charge in [-0.1, -0.05) is 12.5 Å². The molecule has 2 atom stereocenters.